The van der Waals surface area contributed by atoms with Crippen molar-refractivity contribution in [3.63, 3.8) is 0 Å². The van der Waals surface area contributed by atoms with Crippen molar-refractivity contribution in [3.05, 3.63) is 65.5 Å². The van der Waals surface area contributed by atoms with Gasteiger partial charge in [-0.1, -0.05) is 30.3 Å². The van der Waals surface area contributed by atoms with E-state index in [0.29, 0.717) is 16.7 Å². The highest BCUT2D eigenvalue weighted by Crippen LogP contribution is 2.25. The second-order valence-corrected chi connectivity index (χ2v) is 3.83. The number of ketones is 1. The number of pyridine rings is 1. The van der Waals surface area contributed by atoms with Crippen LogP contribution >= 0.6 is 0 Å². The number of nitrogens with zero attached hydrogens (tertiary/aromatic N) is 1. The number of rotatable bonds is 3. The highest BCUT2D eigenvalue weighted by molar-refractivity contribution is 5.94. The van der Waals surface area contributed by atoms with Gasteiger partial charge in [0.05, 0.1) is 0 Å². The monoisotopic (exact) mass is 229 g/mol. The zero-order valence-electron chi connectivity index (χ0n) is 9.43. The van der Waals surface area contributed by atoms with E-state index in [0.717, 1.165) is 0 Å². The van der Waals surface area contributed by atoms with E-state index >= 15 is 0 Å². The highest BCUT2D eigenvalue weighted by atomic mass is 19.1. The Kier molecular flexibility index (Phi) is 3.28. The van der Waals surface area contributed by atoms with Crippen LogP contribution in [0.2, 0.25) is 0 Å². The summed E-state index contributed by atoms with van der Waals surface area (Å²) in [5.41, 5.74) is 1.64. The van der Waals surface area contributed by atoms with Crippen LogP contribution in [0.5, 0.6) is 0 Å². The molecule has 1 atom stereocenters. The van der Waals surface area contributed by atoms with Crippen LogP contribution in [0, 0.1) is 0 Å². The molecule has 1 aromatic carbocycles. The van der Waals surface area contributed by atoms with Crippen LogP contribution in [0.1, 0.15) is 34.6 Å². The molecule has 1 heterocycles. The quantitative estimate of drug-likeness (QED) is 0.755. The second kappa shape index (κ2) is 4.87. The van der Waals surface area contributed by atoms with Crippen LogP contribution in [0.3, 0.4) is 0 Å². The molecule has 0 bridgehead atoms. The molecule has 0 spiro atoms. The van der Waals surface area contributed by atoms with Crippen LogP contribution in [0.15, 0.2) is 48.8 Å². The van der Waals surface area contributed by atoms with Gasteiger partial charge in [-0.05, 0) is 18.6 Å². The van der Waals surface area contributed by atoms with Gasteiger partial charge in [0.1, 0.15) is 0 Å². The van der Waals surface area contributed by atoms with Crippen LogP contribution < -0.4 is 0 Å². The Morgan fingerprint density at radius 1 is 1.18 bits per heavy atom. The van der Waals surface area contributed by atoms with Crippen molar-refractivity contribution in [2.45, 2.75) is 13.1 Å². The lowest BCUT2D eigenvalue weighted by molar-refractivity contribution is 0.101. The minimum atomic E-state index is -1.20. The minimum absolute atomic E-state index is 0.0201. The zero-order chi connectivity index (χ0) is 12.3. The standard InChI is InChI=1S/C14H12FNO/c1-10(17)11-4-6-12(7-5-11)14(15)13-3-2-8-16-9-13/h2-9,14H,1H3. The van der Waals surface area contributed by atoms with E-state index in [1.165, 1.54) is 13.1 Å². The van der Waals surface area contributed by atoms with Gasteiger partial charge in [0.25, 0.3) is 0 Å². The topological polar surface area (TPSA) is 30.0 Å². The molecule has 3 heteroatoms. The molecule has 0 aliphatic rings. The van der Waals surface area contributed by atoms with Crippen molar-refractivity contribution in [1.29, 1.82) is 0 Å². The molecule has 0 saturated heterocycles. The maximum atomic E-state index is 14.1. The number of alkyl halides is 1. The number of hydrogen-bond acceptors (Lipinski definition) is 2. The van der Waals surface area contributed by atoms with E-state index < -0.39 is 6.17 Å². The van der Waals surface area contributed by atoms with E-state index in [1.54, 1.807) is 42.6 Å². The number of hydrogen-bond donors (Lipinski definition) is 0. The summed E-state index contributed by atoms with van der Waals surface area (Å²) in [7, 11) is 0. The lowest BCUT2D eigenvalue weighted by Crippen LogP contribution is -1.97. The summed E-state index contributed by atoms with van der Waals surface area (Å²) in [5, 5.41) is 0. The normalized spacial score (nSPS) is 12.1. The molecule has 1 aromatic heterocycles. The number of benzene rings is 1. The Bertz CT molecular complexity index is 508. The minimum Gasteiger partial charge on any atom is -0.295 e. The van der Waals surface area contributed by atoms with Gasteiger partial charge in [0.2, 0.25) is 0 Å². The largest absolute Gasteiger partial charge is 0.295 e. The van der Waals surface area contributed by atoms with E-state index in [2.05, 4.69) is 4.98 Å². The van der Waals surface area contributed by atoms with Gasteiger partial charge < -0.3 is 0 Å². The molecule has 0 aliphatic carbocycles. The average molecular weight is 229 g/mol. The Morgan fingerprint density at radius 2 is 1.88 bits per heavy atom. The second-order valence-electron chi connectivity index (χ2n) is 3.83. The first-order chi connectivity index (χ1) is 8.18. The van der Waals surface area contributed by atoms with Crippen molar-refractivity contribution in [3.8, 4) is 0 Å². The molecule has 1 unspecified atom stereocenters. The Labute approximate surface area is 99.1 Å². The molecule has 0 saturated carbocycles. The van der Waals surface area contributed by atoms with Gasteiger partial charge in [-0.15, -0.1) is 0 Å². The molecule has 2 rings (SSSR count). The molecule has 2 aromatic rings. The molecular formula is C14H12FNO. The zero-order valence-corrected chi connectivity index (χ0v) is 9.43. The molecular weight excluding hydrogens is 217 g/mol. The molecule has 2 nitrogen and oxygen atoms in total. The smallest absolute Gasteiger partial charge is 0.159 e. The summed E-state index contributed by atoms with van der Waals surface area (Å²) in [6.07, 6.45) is 1.91. The predicted octanol–water partition coefficient (Wildman–Crippen LogP) is 3.34. The van der Waals surface area contributed by atoms with Crippen molar-refractivity contribution in [2.75, 3.05) is 0 Å². The van der Waals surface area contributed by atoms with E-state index in [1.807, 2.05) is 0 Å². The predicted molar refractivity (Wildman–Crippen MR) is 63.6 cm³/mol. The molecule has 0 amide bonds. The summed E-state index contributed by atoms with van der Waals surface area (Å²) < 4.78 is 14.1. The number of Topliss-reactive ketones (excluding diaryl/α,β-unsaturated/α-hetero) is 1. The first-order valence-electron chi connectivity index (χ1n) is 5.33. The summed E-state index contributed by atoms with van der Waals surface area (Å²) in [6.45, 7) is 1.49. The third kappa shape index (κ3) is 2.56. The number of carbonyl (C=O) groups excluding carboxylic acids is 1. The Morgan fingerprint density at radius 3 is 2.41 bits per heavy atom. The van der Waals surface area contributed by atoms with Crippen molar-refractivity contribution in [2.24, 2.45) is 0 Å². The van der Waals surface area contributed by atoms with Crippen molar-refractivity contribution >= 4 is 5.78 Å². The van der Waals surface area contributed by atoms with E-state index in [4.69, 9.17) is 0 Å². The van der Waals surface area contributed by atoms with E-state index in [-0.39, 0.29) is 5.78 Å². The van der Waals surface area contributed by atoms with Gasteiger partial charge in [-0.3, -0.25) is 9.78 Å². The molecule has 0 aliphatic heterocycles. The van der Waals surface area contributed by atoms with Crippen LogP contribution in [0.25, 0.3) is 0 Å². The van der Waals surface area contributed by atoms with Gasteiger partial charge >= 0.3 is 0 Å². The number of carbonyl (C=O) groups is 1. The van der Waals surface area contributed by atoms with Crippen LogP contribution in [0.4, 0.5) is 4.39 Å². The molecule has 0 fully saturated rings. The molecule has 86 valence electrons. The van der Waals surface area contributed by atoms with Gasteiger partial charge in [-0.25, -0.2) is 4.39 Å². The third-order valence-electron chi connectivity index (χ3n) is 2.59. The van der Waals surface area contributed by atoms with E-state index in [9.17, 15) is 9.18 Å². The van der Waals surface area contributed by atoms with Crippen molar-refractivity contribution in [1.82, 2.24) is 4.98 Å². The lowest BCUT2D eigenvalue weighted by Gasteiger charge is -2.08. The fraction of sp³-hybridized carbons (Fsp3) is 0.143. The van der Waals surface area contributed by atoms with Crippen molar-refractivity contribution < 1.29 is 9.18 Å². The fourth-order valence-corrected chi connectivity index (χ4v) is 1.61. The Balaban J connectivity index is 2.26. The fourth-order valence-electron chi connectivity index (χ4n) is 1.61. The maximum Gasteiger partial charge on any atom is 0.159 e. The number of aromatic nitrogens is 1. The van der Waals surface area contributed by atoms with Crippen LogP contribution in [-0.4, -0.2) is 10.8 Å². The summed E-state index contributed by atoms with van der Waals surface area (Å²) in [5.74, 6) is -0.0201. The van der Waals surface area contributed by atoms with Gasteiger partial charge in [0, 0.05) is 23.5 Å². The summed E-state index contributed by atoms with van der Waals surface area (Å²) >= 11 is 0. The molecule has 0 radical (unpaired) electrons. The maximum absolute atomic E-state index is 14.1. The molecule has 17 heavy (non-hydrogen) atoms. The first kappa shape index (κ1) is 11.5. The lowest BCUT2D eigenvalue weighted by atomic mass is 10.0. The van der Waals surface area contributed by atoms with Crippen LogP contribution in [-0.2, 0) is 0 Å². The Hall–Kier alpha value is -2.03. The SMILES string of the molecule is CC(=O)c1ccc(C(F)c2cccnc2)cc1. The third-order valence-corrected chi connectivity index (χ3v) is 2.59. The highest BCUT2D eigenvalue weighted by Gasteiger charge is 2.12. The van der Waals surface area contributed by atoms with Gasteiger partial charge in [-0.2, -0.15) is 0 Å². The number of halogens is 1. The van der Waals surface area contributed by atoms with Gasteiger partial charge in [0.15, 0.2) is 12.0 Å². The molecule has 0 N–H and O–H groups in total. The summed E-state index contributed by atoms with van der Waals surface area (Å²) in [4.78, 5) is 15.0. The summed E-state index contributed by atoms with van der Waals surface area (Å²) in [6, 6.07) is 9.94. The average Bonchev–Trinajstić information content (AvgIpc) is 2.39. The first-order valence-corrected chi connectivity index (χ1v) is 5.33.